The van der Waals surface area contributed by atoms with Gasteiger partial charge in [0.15, 0.2) is 0 Å². The number of hydrogen-bond donors (Lipinski definition) is 0. The SMILES string of the molecule is CCOC(=O)C/C=C(\c1c(C#N)coc1C)P(=O)(OCC)OCC. The van der Waals surface area contributed by atoms with Crippen LogP contribution in [0.5, 0.6) is 0 Å². The van der Waals surface area contributed by atoms with E-state index in [0.717, 1.165) is 0 Å². The zero-order valence-corrected chi connectivity index (χ0v) is 15.2. The Kier molecular flexibility index (Phi) is 7.93. The zero-order valence-electron chi connectivity index (χ0n) is 14.3. The highest BCUT2D eigenvalue weighted by molar-refractivity contribution is 7.65. The number of aryl methyl sites for hydroxylation is 1. The summed E-state index contributed by atoms with van der Waals surface area (Å²) in [4.78, 5) is 11.7. The zero-order chi connectivity index (χ0) is 18.2. The lowest BCUT2D eigenvalue weighted by Gasteiger charge is -2.20. The predicted octanol–water partition coefficient (Wildman–Crippen LogP) is 4.02. The monoisotopic (exact) mass is 355 g/mol. The van der Waals surface area contributed by atoms with Gasteiger partial charge < -0.3 is 18.2 Å². The van der Waals surface area contributed by atoms with Crippen LogP contribution in [0.3, 0.4) is 0 Å². The second kappa shape index (κ2) is 9.43. The summed E-state index contributed by atoms with van der Waals surface area (Å²) in [7, 11) is -3.72. The van der Waals surface area contributed by atoms with Gasteiger partial charge in [-0.15, -0.1) is 0 Å². The van der Waals surface area contributed by atoms with E-state index in [1.807, 2.05) is 6.07 Å². The van der Waals surface area contributed by atoms with Gasteiger partial charge in [0.05, 0.1) is 37.1 Å². The van der Waals surface area contributed by atoms with Crippen molar-refractivity contribution in [3.63, 3.8) is 0 Å². The van der Waals surface area contributed by atoms with Crippen molar-refractivity contribution in [2.24, 2.45) is 0 Å². The minimum atomic E-state index is -3.72. The molecule has 0 unspecified atom stereocenters. The minimum Gasteiger partial charge on any atom is -0.468 e. The number of carbonyl (C=O) groups excluding carboxylic acids is 1. The van der Waals surface area contributed by atoms with E-state index in [4.69, 9.17) is 18.2 Å². The molecule has 0 aromatic carbocycles. The molecule has 0 atom stereocenters. The van der Waals surface area contributed by atoms with Crippen LogP contribution in [0.4, 0.5) is 0 Å². The molecule has 0 saturated carbocycles. The van der Waals surface area contributed by atoms with Gasteiger partial charge in [0.1, 0.15) is 18.1 Å². The van der Waals surface area contributed by atoms with E-state index < -0.39 is 13.6 Å². The molecule has 1 heterocycles. The molecule has 1 aromatic heterocycles. The number of nitriles is 1. The minimum absolute atomic E-state index is 0.122. The van der Waals surface area contributed by atoms with Crippen LogP contribution in [0.2, 0.25) is 0 Å². The molecule has 0 radical (unpaired) electrons. The van der Waals surface area contributed by atoms with Crippen LogP contribution < -0.4 is 0 Å². The normalized spacial score (nSPS) is 12.0. The molecule has 132 valence electrons. The number of ether oxygens (including phenoxy) is 1. The quantitative estimate of drug-likeness (QED) is 0.487. The highest BCUT2D eigenvalue weighted by Crippen LogP contribution is 2.61. The molecule has 0 aliphatic carbocycles. The van der Waals surface area contributed by atoms with Gasteiger partial charge in [0.25, 0.3) is 0 Å². The van der Waals surface area contributed by atoms with Crippen LogP contribution in [0.25, 0.3) is 5.31 Å². The van der Waals surface area contributed by atoms with Gasteiger partial charge in [-0.25, -0.2) is 0 Å². The molecule has 8 heteroatoms. The summed E-state index contributed by atoms with van der Waals surface area (Å²) >= 11 is 0. The Balaban J connectivity index is 3.43. The van der Waals surface area contributed by atoms with E-state index in [9.17, 15) is 14.6 Å². The summed E-state index contributed by atoms with van der Waals surface area (Å²) in [5.74, 6) is -0.0875. The van der Waals surface area contributed by atoms with E-state index in [0.29, 0.717) is 11.3 Å². The number of carbonyl (C=O) groups is 1. The maximum atomic E-state index is 13.2. The Morgan fingerprint density at radius 2 is 1.92 bits per heavy atom. The molecule has 1 aromatic rings. The van der Waals surface area contributed by atoms with Crippen LogP contribution in [-0.4, -0.2) is 25.8 Å². The van der Waals surface area contributed by atoms with Gasteiger partial charge in [-0.05, 0) is 27.7 Å². The third-order valence-corrected chi connectivity index (χ3v) is 5.20. The first-order chi connectivity index (χ1) is 11.4. The Labute approximate surface area is 141 Å². The standard InChI is InChI=1S/C16H22NO6P/c1-5-20-15(18)9-8-14(24(19,22-6-2)23-7-3)16-12(4)21-11-13(16)10-17/h8,11H,5-7,9H2,1-4H3/b14-8+. The molecule has 0 spiro atoms. The van der Waals surface area contributed by atoms with Crippen molar-refractivity contribution in [2.75, 3.05) is 19.8 Å². The Morgan fingerprint density at radius 1 is 1.29 bits per heavy atom. The first kappa shape index (κ1) is 20.2. The van der Waals surface area contributed by atoms with E-state index in [1.165, 1.54) is 12.3 Å². The largest absolute Gasteiger partial charge is 0.468 e. The highest BCUT2D eigenvalue weighted by Gasteiger charge is 2.34. The van der Waals surface area contributed by atoms with Crippen LogP contribution in [0.15, 0.2) is 16.8 Å². The van der Waals surface area contributed by atoms with Gasteiger partial charge >= 0.3 is 13.6 Å². The van der Waals surface area contributed by atoms with E-state index in [1.54, 1.807) is 27.7 Å². The topological polar surface area (TPSA) is 98.8 Å². The molecule has 0 saturated heterocycles. The Morgan fingerprint density at radius 3 is 2.42 bits per heavy atom. The van der Waals surface area contributed by atoms with Gasteiger partial charge in [-0.3, -0.25) is 9.36 Å². The number of hydrogen-bond acceptors (Lipinski definition) is 7. The molecule has 1 rings (SSSR count). The molecular weight excluding hydrogens is 333 g/mol. The van der Waals surface area contributed by atoms with Gasteiger partial charge in [0.2, 0.25) is 0 Å². The van der Waals surface area contributed by atoms with E-state index in [2.05, 4.69) is 0 Å². The van der Waals surface area contributed by atoms with Crippen molar-refractivity contribution >= 4 is 18.9 Å². The summed E-state index contributed by atoms with van der Waals surface area (Å²) in [5, 5.41) is 9.41. The van der Waals surface area contributed by atoms with Crippen molar-refractivity contribution < 1.29 is 27.6 Å². The molecule has 0 bridgehead atoms. The lowest BCUT2D eigenvalue weighted by Crippen LogP contribution is -2.04. The third-order valence-electron chi connectivity index (χ3n) is 3.01. The van der Waals surface area contributed by atoms with Crippen molar-refractivity contribution in [1.29, 1.82) is 5.26 Å². The maximum Gasteiger partial charge on any atom is 0.361 e. The third kappa shape index (κ3) is 4.81. The fourth-order valence-electron chi connectivity index (χ4n) is 2.12. The summed E-state index contributed by atoms with van der Waals surface area (Å²) in [5.41, 5.74) is 0.522. The summed E-state index contributed by atoms with van der Waals surface area (Å²) in [6.07, 6.45) is 2.57. The number of nitrogens with zero attached hydrogens (tertiary/aromatic N) is 1. The highest BCUT2D eigenvalue weighted by atomic mass is 31.2. The van der Waals surface area contributed by atoms with Crippen LogP contribution >= 0.6 is 7.60 Å². The van der Waals surface area contributed by atoms with Crippen molar-refractivity contribution in [2.45, 2.75) is 34.1 Å². The van der Waals surface area contributed by atoms with Gasteiger partial charge in [-0.1, -0.05) is 6.08 Å². The number of esters is 1. The molecule has 0 N–H and O–H groups in total. The van der Waals surface area contributed by atoms with Crippen LogP contribution in [0, 0.1) is 18.3 Å². The lowest BCUT2D eigenvalue weighted by molar-refractivity contribution is -0.142. The summed E-state index contributed by atoms with van der Waals surface area (Å²) in [6.45, 7) is 7.23. The molecule has 0 aliphatic heterocycles. The second-order valence-corrected chi connectivity index (χ2v) is 6.62. The fraction of sp³-hybridized carbons (Fsp3) is 0.500. The smallest absolute Gasteiger partial charge is 0.361 e. The predicted molar refractivity (Wildman–Crippen MR) is 88.2 cm³/mol. The fourth-order valence-corrected chi connectivity index (χ4v) is 4.02. The Hall–Kier alpha value is -1.87. The van der Waals surface area contributed by atoms with Gasteiger partial charge in [-0.2, -0.15) is 5.26 Å². The van der Waals surface area contributed by atoms with E-state index in [-0.39, 0.29) is 37.1 Å². The summed E-state index contributed by atoms with van der Waals surface area (Å²) in [6, 6.07) is 1.98. The number of rotatable bonds is 9. The molecular formula is C16H22NO6P. The second-order valence-electron chi connectivity index (χ2n) is 4.62. The average molecular weight is 355 g/mol. The molecule has 0 fully saturated rings. The molecule has 0 aliphatic rings. The average Bonchev–Trinajstić information content (AvgIpc) is 2.89. The van der Waals surface area contributed by atoms with Crippen LogP contribution in [-0.2, 0) is 23.1 Å². The first-order valence-corrected chi connectivity index (χ1v) is 9.21. The molecule has 0 amide bonds. The molecule has 24 heavy (non-hydrogen) atoms. The van der Waals surface area contributed by atoms with Crippen molar-refractivity contribution in [3.05, 3.63) is 29.2 Å². The molecule has 7 nitrogen and oxygen atoms in total. The van der Waals surface area contributed by atoms with Crippen molar-refractivity contribution in [3.8, 4) is 6.07 Å². The van der Waals surface area contributed by atoms with Crippen LogP contribution in [0.1, 0.15) is 44.1 Å². The number of furan rings is 1. The first-order valence-electron chi connectivity index (χ1n) is 7.67. The Bertz CT molecular complexity index is 675. The van der Waals surface area contributed by atoms with E-state index >= 15 is 0 Å². The van der Waals surface area contributed by atoms with Gasteiger partial charge in [0, 0.05) is 5.56 Å². The lowest BCUT2D eigenvalue weighted by atomic mass is 10.1. The van der Waals surface area contributed by atoms with Crippen molar-refractivity contribution in [1.82, 2.24) is 0 Å². The summed E-state index contributed by atoms with van der Waals surface area (Å²) < 4.78 is 34.1. The maximum absolute atomic E-state index is 13.2.